The minimum atomic E-state index is -0.416. The van der Waals surface area contributed by atoms with Crippen LogP contribution in [0.1, 0.15) is 16.2 Å². The van der Waals surface area contributed by atoms with E-state index in [4.69, 9.17) is 4.52 Å². The molecule has 0 radical (unpaired) electrons. The van der Waals surface area contributed by atoms with Crippen LogP contribution in [-0.4, -0.2) is 40.0 Å². The lowest BCUT2D eigenvalue weighted by molar-refractivity contribution is -0.118. The van der Waals surface area contributed by atoms with Crippen LogP contribution >= 0.6 is 23.1 Å². The highest BCUT2D eigenvalue weighted by atomic mass is 32.2. The summed E-state index contributed by atoms with van der Waals surface area (Å²) >= 11 is 2.43. The first-order valence-electron chi connectivity index (χ1n) is 5.50. The first-order chi connectivity index (χ1) is 9.58. The third kappa shape index (κ3) is 3.78. The Morgan fingerprint density at radius 2 is 2.25 bits per heavy atom. The van der Waals surface area contributed by atoms with Gasteiger partial charge in [-0.15, -0.1) is 10.2 Å². The van der Waals surface area contributed by atoms with Crippen molar-refractivity contribution in [2.24, 2.45) is 0 Å². The maximum absolute atomic E-state index is 11.8. The van der Waals surface area contributed by atoms with Gasteiger partial charge in [-0.3, -0.25) is 14.9 Å². The van der Waals surface area contributed by atoms with Crippen molar-refractivity contribution in [3.8, 4) is 0 Å². The molecule has 2 aromatic heterocycles. The number of nitrogens with zero attached hydrogens (tertiary/aromatic N) is 3. The monoisotopic (exact) mass is 313 g/mol. The third-order valence-corrected chi connectivity index (χ3v) is 4.07. The molecule has 2 aromatic rings. The summed E-state index contributed by atoms with van der Waals surface area (Å²) in [7, 11) is 1.56. The minimum Gasteiger partial charge on any atom is -0.361 e. The topological polar surface area (TPSA) is 110 Å². The summed E-state index contributed by atoms with van der Waals surface area (Å²) in [6.45, 7) is 1.70. The van der Waals surface area contributed by atoms with Gasteiger partial charge in [0.15, 0.2) is 10.0 Å². The number of hydrogen-bond donors (Lipinski definition) is 2. The number of nitrogens with one attached hydrogen (secondary N) is 2. The fraction of sp³-hybridized carbons (Fsp3) is 0.300. The molecule has 0 aliphatic carbocycles. The maximum atomic E-state index is 11.8. The van der Waals surface area contributed by atoms with Crippen LogP contribution in [0, 0.1) is 6.92 Å². The quantitative estimate of drug-likeness (QED) is 0.624. The molecule has 20 heavy (non-hydrogen) atoms. The first kappa shape index (κ1) is 14.5. The summed E-state index contributed by atoms with van der Waals surface area (Å²) in [5.74, 6) is 0.283. The van der Waals surface area contributed by atoms with Crippen LogP contribution in [0.25, 0.3) is 0 Å². The number of thioether (sulfide) groups is 1. The predicted octanol–water partition coefficient (Wildman–Crippen LogP) is 0.925. The van der Waals surface area contributed by atoms with E-state index in [2.05, 4.69) is 26.0 Å². The van der Waals surface area contributed by atoms with Crippen LogP contribution in [0.3, 0.4) is 0 Å². The van der Waals surface area contributed by atoms with Crippen LogP contribution in [0.15, 0.2) is 14.9 Å². The van der Waals surface area contributed by atoms with Crippen molar-refractivity contribution < 1.29 is 14.1 Å². The number of carbonyl (C=O) groups excluding carboxylic acids is 2. The van der Waals surface area contributed by atoms with E-state index in [9.17, 15) is 9.59 Å². The van der Waals surface area contributed by atoms with E-state index in [1.165, 1.54) is 29.2 Å². The molecule has 0 aliphatic heterocycles. The van der Waals surface area contributed by atoms with E-state index >= 15 is 0 Å². The van der Waals surface area contributed by atoms with Crippen LogP contribution in [0.4, 0.5) is 5.13 Å². The van der Waals surface area contributed by atoms with Gasteiger partial charge >= 0.3 is 0 Å². The smallest absolute Gasteiger partial charge is 0.279 e. The van der Waals surface area contributed by atoms with E-state index in [0.29, 0.717) is 15.2 Å². The zero-order chi connectivity index (χ0) is 14.5. The molecule has 0 saturated carbocycles. The molecule has 0 aliphatic rings. The first-order valence-corrected chi connectivity index (χ1v) is 7.30. The zero-order valence-corrected chi connectivity index (χ0v) is 12.3. The second kappa shape index (κ2) is 6.48. The number of hydrogen-bond acceptors (Lipinski definition) is 8. The van der Waals surface area contributed by atoms with Gasteiger partial charge in [-0.05, 0) is 6.92 Å². The Hall–Kier alpha value is -1.94. The Morgan fingerprint density at radius 1 is 1.45 bits per heavy atom. The number of rotatable bonds is 5. The summed E-state index contributed by atoms with van der Waals surface area (Å²) in [4.78, 5) is 22.9. The lowest BCUT2D eigenvalue weighted by atomic mass is 10.4. The Labute approximate surface area is 122 Å². The Morgan fingerprint density at radius 3 is 2.90 bits per heavy atom. The second-order valence-electron chi connectivity index (χ2n) is 3.61. The van der Waals surface area contributed by atoms with Crippen molar-refractivity contribution in [2.45, 2.75) is 11.3 Å². The van der Waals surface area contributed by atoms with Gasteiger partial charge in [0.1, 0.15) is 5.76 Å². The van der Waals surface area contributed by atoms with E-state index in [0.717, 1.165) is 0 Å². The molecule has 2 N–H and O–H groups in total. The average Bonchev–Trinajstić information content (AvgIpc) is 3.05. The minimum absolute atomic E-state index is 0.103. The van der Waals surface area contributed by atoms with E-state index < -0.39 is 5.91 Å². The van der Waals surface area contributed by atoms with Crippen LogP contribution < -0.4 is 10.6 Å². The van der Waals surface area contributed by atoms with Gasteiger partial charge in [0.25, 0.3) is 5.91 Å². The Balaban J connectivity index is 1.92. The fourth-order valence-electron chi connectivity index (χ4n) is 1.15. The molecule has 2 amide bonds. The van der Waals surface area contributed by atoms with Crippen LogP contribution in [0.2, 0.25) is 0 Å². The molecule has 106 valence electrons. The number of amides is 2. The molecule has 0 saturated heterocycles. The molecule has 0 bridgehead atoms. The van der Waals surface area contributed by atoms with Crippen molar-refractivity contribution in [1.82, 2.24) is 20.7 Å². The van der Waals surface area contributed by atoms with E-state index in [1.54, 1.807) is 14.0 Å². The van der Waals surface area contributed by atoms with E-state index in [1.807, 2.05) is 0 Å². The van der Waals surface area contributed by atoms with Crippen molar-refractivity contribution >= 4 is 40.0 Å². The van der Waals surface area contributed by atoms with Crippen LogP contribution in [0.5, 0.6) is 0 Å². The van der Waals surface area contributed by atoms with Gasteiger partial charge in [0, 0.05) is 13.1 Å². The Bertz CT molecular complexity index is 624. The molecule has 2 heterocycles. The SMILES string of the molecule is CNC(=O)CSc1nnc(NC(=O)c2cc(C)on2)s1. The normalized spacial score (nSPS) is 10.3. The average molecular weight is 313 g/mol. The summed E-state index contributed by atoms with van der Waals surface area (Å²) < 4.78 is 5.41. The summed E-state index contributed by atoms with van der Waals surface area (Å²) in [6.07, 6.45) is 0. The Kier molecular flexibility index (Phi) is 4.69. The van der Waals surface area contributed by atoms with Gasteiger partial charge in [0.05, 0.1) is 5.75 Å². The molecule has 10 heteroatoms. The molecule has 8 nitrogen and oxygen atoms in total. The lowest BCUT2D eigenvalue weighted by Gasteiger charge is -1.95. The largest absolute Gasteiger partial charge is 0.361 e. The van der Waals surface area contributed by atoms with Gasteiger partial charge < -0.3 is 9.84 Å². The summed E-state index contributed by atoms with van der Waals surface area (Å²) in [5.41, 5.74) is 0.178. The summed E-state index contributed by atoms with van der Waals surface area (Å²) in [6, 6.07) is 1.53. The highest BCUT2D eigenvalue weighted by molar-refractivity contribution is 8.01. The molecular weight excluding hydrogens is 302 g/mol. The zero-order valence-electron chi connectivity index (χ0n) is 10.7. The molecule has 0 aromatic carbocycles. The number of carbonyl (C=O) groups is 2. The molecule has 2 rings (SSSR count). The molecule has 0 spiro atoms. The second-order valence-corrected chi connectivity index (χ2v) is 5.81. The third-order valence-electron chi connectivity index (χ3n) is 2.09. The standard InChI is InChI=1S/C10H11N5O3S2/c1-5-3-6(15-18-5)8(17)12-9-13-14-10(20-9)19-4-7(16)11-2/h3H,4H2,1-2H3,(H,11,16)(H,12,13,17). The summed E-state index contributed by atoms with van der Waals surface area (Å²) in [5, 5.41) is 16.7. The lowest BCUT2D eigenvalue weighted by Crippen LogP contribution is -2.19. The molecule has 0 fully saturated rings. The number of anilines is 1. The number of aromatic nitrogens is 3. The maximum Gasteiger partial charge on any atom is 0.279 e. The van der Waals surface area contributed by atoms with Gasteiger partial charge in [0.2, 0.25) is 11.0 Å². The van der Waals surface area contributed by atoms with Gasteiger partial charge in [-0.25, -0.2) is 0 Å². The van der Waals surface area contributed by atoms with Crippen molar-refractivity contribution in [2.75, 3.05) is 18.1 Å². The molecule has 0 unspecified atom stereocenters. The predicted molar refractivity (Wildman–Crippen MR) is 73.9 cm³/mol. The molecular formula is C10H11N5O3S2. The fourth-order valence-corrected chi connectivity index (χ4v) is 2.77. The van der Waals surface area contributed by atoms with Gasteiger partial charge in [-0.1, -0.05) is 28.3 Å². The van der Waals surface area contributed by atoms with Crippen LogP contribution in [-0.2, 0) is 4.79 Å². The highest BCUT2D eigenvalue weighted by Gasteiger charge is 2.14. The van der Waals surface area contributed by atoms with Crippen molar-refractivity contribution in [3.05, 3.63) is 17.5 Å². The number of aryl methyl sites for hydroxylation is 1. The highest BCUT2D eigenvalue weighted by Crippen LogP contribution is 2.25. The van der Waals surface area contributed by atoms with E-state index in [-0.39, 0.29) is 17.4 Å². The van der Waals surface area contributed by atoms with Crippen molar-refractivity contribution in [3.63, 3.8) is 0 Å². The molecule has 0 atom stereocenters. The van der Waals surface area contributed by atoms with Crippen molar-refractivity contribution in [1.29, 1.82) is 0 Å². The van der Waals surface area contributed by atoms with Gasteiger partial charge in [-0.2, -0.15) is 0 Å².